The summed E-state index contributed by atoms with van der Waals surface area (Å²) in [7, 11) is 1.33. The third-order valence-electron chi connectivity index (χ3n) is 1.68. The highest BCUT2D eigenvalue weighted by Gasteiger charge is 2.15. The van der Waals surface area contributed by atoms with Crippen LogP contribution in [0.4, 0.5) is 0 Å². The minimum Gasteiger partial charge on any atom is -0.468 e. The first-order valence-electron chi connectivity index (χ1n) is 3.74. The lowest BCUT2D eigenvalue weighted by Crippen LogP contribution is -2.22. The van der Waals surface area contributed by atoms with Gasteiger partial charge in [0.05, 0.1) is 7.11 Å². The van der Waals surface area contributed by atoms with Crippen molar-refractivity contribution in [3.63, 3.8) is 0 Å². The molecule has 1 unspecified atom stereocenters. The van der Waals surface area contributed by atoms with Crippen LogP contribution in [0.2, 0.25) is 0 Å². The largest absolute Gasteiger partial charge is 0.468 e. The molecule has 0 aliphatic rings. The molecule has 1 aromatic carbocycles. The molecule has 0 saturated carbocycles. The van der Waals surface area contributed by atoms with E-state index in [1.54, 1.807) is 0 Å². The van der Waals surface area contributed by atoms with Crippen LogP contribution in [0.1, 0.15) is 11.6 Å². The third kappa shape index (κ3) is 3.43. The highest BCUT2D eigenvalue weighted by atomic mass is 127. The topological polar surface area (TPSA) is 52.3 Å². The molecule has 14 heavy (non-hydrogen) atoms. The van der Waals surface area contributed by atoms with Gasteiger partial charge in [0.25, 0.3) is 0 Å². The van der Waals surface area contributed by atoms with Crippen molar-refractivity contribution < 1.29 is 9.53 Å². The Morgan fingerprint density at radius 2 is 1.93 bits per heavy atom. The maximum atomic E-state index is 11.0. The molecule has 2 N–H and O–H groups in total. The zero-order chi connectivity index (χ0) is 9.84. The number of halogens is 2. The van der Waals surface area contributed by atoms with Gasteiger partial charge in [-0.05, 0) is 40.3 Å². The molecule has 0 saturated heterocycles. The number of ether oxygens (including phenoxy) is 1. The van der Waals surface area contributed by atoms with Crippen LogP contribution in [0.3, 0.4) is 0 Å². The van der Waals surface area contributed by atoms with Crippen molar-refractivity contribution in [3.05, 3.63) is 33.4 Å². The summed E-state index contributed by atoms with van der Waals surface area (Å²) in [4.78, 5) is 11.0. The SMILES string of the molecule is COC(=O)C(N)c1ccc(I)cc1.Cl. The maximum absolute atomic E-state index is 11.0. The molecule has 1 atom stereocenters. The number of esters is 1. The molecular formula is C9H11ClINO2. The molecule has 0 amide bonds. The second-order valence-electron chi connectivity index (χ2n) is 2.55. The van der Waals surface area contributed by atoms with E-state index in [9.17, 15) is 4.79 Å². The standard InChI is InChI=1S/C9H10INO2.ClH/c1-13-9(12)8(11)6-2-4-7(10)5-3-6;/h2-5,8H,11H2,1H3;1H. The fourth-order valence-electron chi connectivity index (χ4n) is 0.933. The first kappa shape index (κ1) is 13.7. The van der Waals surface area contributed by atoms with Gasteiger partial charge in [-0.1, -0.05) is 12.1 Å². The van der Waals surface area contributed by atoms with Gasteiger partial charge in [0.15, 0.2) is 0 Å². The number of carbonyl (C=O) groups is 1. The van der Waals surface area contributed by atoms with Gasteiger partial charge in [0.2, 0.25) is 0 Å². The zero-order valence-electron chi connectivity index (χ0n) is 7.57. The molecule has 78 valence electrons. The molecule has 0 heterocycles. The normalized spacial score (nSPS) is 11.4. The zero-order valence-corrected chi connectivity index (χ0v) is 10.5. The van der Waals surface area contributed by atoms with Gasteiger partial charge < -0.3 is 10.5 Å². The Kier molecular flexibility index (Phi) is 6.06. The van der Waals surface area contributed by atoms with Gasteiger partial charge in [0, 0.05) is 3.57 Å². The number of carbonyl (C=O) groups excluding carboxylic acids is 1. The van der Waals surface area contributed by atoms with Crippen LogP contribution >= 0.6 is 35.0 Å². The lowest BCUT2D eigenvalue weighted by molar-refractivity contribution is -0.142. The molecule has 0 aliphatic heterocycles. The lowest BCUT2D eigenvalue weighted by atomic mass is 10.1. The van der Waals surface area contributed by atoms with Gasteiger partial charge in [-0.2, -0.15) is 0 Å². The average Bonchev–Trinajstić information content (AvgIpc) is 2.17. The van der Waals surface area contributed by atoms with Crippen molar-refractivity contribution in [2.24, 2.45) is 5.73 Å². The molecule has 5 heteroatoms. The molecular weight excluding hydrogens is 316 g/mol. The van der Waals surface area contributed by atoms with E-state index in [0.717, 1.165) is 9.13 Å². The van der Waals surface area contributed by atoms with E-state index >= 15 is 0 Å². The summed E-state index contributed by atoms with van der Waals surface area (Å²) in [6, 6.07) is 6.77. The highest BCUT2D eigenvalue weighted by Crippen LogP contribution is 2.13. The van der Waals surface area contributed by atoms with Crippen LogP contribution in [0.5, 0.6) is 0 Å². The summed E-state index contributed by atoms with van der Waals surface area (Å²) in [6.45, 7) is 0. The van der Waals surface area contributed by atoms with Gasteiger partial charge in [-0.3, -0.25) is 4.79 Å². The molecule has 0 bridgehead atoms. The van der Waals surface area contributed by atoms with Gasteiger partial charge in [-0.15, -0.1) is 12.4 Å². The number of methoxy groups -OCH3 is 1. The smallest absolute Gasteiger partial charge is 0.327 e. The van der Waals surface area contributed by atoms with Crippen LogP contribution in [0.15, 0.2) is 24.3 Å². The van der Waals surface area contributed by atoms with Crippen molar-refractivity contribution >= 4 is 41.0 Å². The Labute approximate surface area is 103 Å². The van der Waals surface area contributed by atoms with Gasteiger partial charge >= 0.3 is 5.97 Å². The van der Waals surface area contributed by atoms with E-state index in [1.807, 2.05) is 24.3 Å². The number of hydrogen-bond donors (Lipinski definition) is 1. The number of rotatable bonds is 2. The Morgan fingerprint density at radius 3 is 2.36 bits per heavy atom. The molecule has 0 aliphatic carbocycles. The Morgan fingerprint density at radius 1 is 1.43 bits per heavy atom. The van der Waals surface area contributed by atoms with E-state index in [0.29, 0.717) is 0 Å². The Bertz CT molecular complexity index is 302. The number of benzene rings is 1. The predicted octanol–water partition coefficient (Wildman–Crippen LogP) is 1.89. The number of nitrogens with two attached hydrogens (primary N) is 1. The summed E-state index contributed by atoms with van der Waals surface area (Å²) >= 11 is 2.19. The minimum atomic E-state index is -0.679. The van der Waals surface area contributed by atoms with Crippen molar-refractivity contribution in [3.8, 4) is 0 Å². The van der Waals surface area contributed by atoms with Crippen molar-refractivity contribution in [1.29, 1.82) is 0 Å². The van der Waals surface area contributed by atoms with E-state index in [-0.39, 0.29) is 12.4 Å². The van der Waals surface area contributed by atoms with E-state index in [2.05, 4.69) is 27.3 Å². The van der Waals surface area contributed by atoms with E-state index < -0.39 is 12.0 Å². The summed E-state index contributed by atoms with van der Waals surface area (Å²) in [5, 5.41) is 0. The molecule has 0 spiro atoms. The lowest BCUT2D eigenvalue weighted by Gasteiger charge is -2.08. The minimum absolute atomic E-state index is 0. The maximum Gasteiger partial charge on any atom is 0.327 e. The number of hydrogen-bond acceptors (Lipinski definition) is 3. The van der Waals surface area contributed by atoms with E-state index in [4.69, 9.17) is 5.73 Å². The fourth-order valence-corrected chi connectivity index (χ4v) is 1.29. The molecule has 3 nitrogen and oxygen atoms in total. The molecule has 0 fully saturated rings. The van der Waals surface area contributed by atoms with Crippen molar-refractivity contribution in [2.45, 2.75) is 6.04 Å². The average molecular weight is 328 g/mol. The Hall–Kier alpha value is -0.330. The van der Waals surface area contributed by atoms with Gasteiger partial charge in [0.1, 0.15) is 6.04 Å². The van der Waals surface area contributed by atoms with Crippen molar-refractivity contribution in [2.75, 3.05) is 7.11 Å². The van der Waals surface area contributed by atoms with Crippen molar-refractivity contribution in [1.82, 2.24) is 0 Å². The summed E-state index contributed by atoms with van der Waals surface area (Å²) in [5.41, 5.74) is 6.39. The first-order chi connectivity index (χ1) is 6.15. The first-order valence-corrected chi connectivity index (χ1v) is 4.82. The highest BCUT2D eigenvalue weighted by molar-refractivity contribution is 14.1. The second kappa shape index (κ2) is 6.21. The molecule has 0 aromatic heterocycles. The molecule has 1 aromatic rings. The van der Waals surface area contributed by atoms with Crippen LogP contribution in [0.25, 0.3) is 0 Å². The molecule has 0 radical (unpaired) electrons. The monoisotopic (exact) mass is 327 g/mol. The van der Waals surface area contributed by atoms with Crippen LogP contribution in [-0.4, -0.2) is 13.1 Å². The van der Waals surface area contributed by atoms with E-state index in [1.165, 1.54) is 7.11 Å². The van der Waals surface area contributed by atoms with Crippen LogP contribution in [0, 0.1) is 3.57 Å². The summed E-state index contributed by atoms with van der Waals surface area (Å²) < 4.78 is 5.64. The summed E-state index contributed by atoms with van der Waals surface area (Å²) in [6.07, 6.45) is 0. The third-order valence-corrected chi connectivity index (χ3v) is 2.40. The van der Waals surface area contributed by atoms with Crippen LogP contribution < -0.4 is 5.73 Å². The molecule has 1 rings (SSSR count). The Balaban J connectivity index is 0.00000169. The quantitative estimate of drug-likeness (QED) is 0.666. The predicted molar refractivity (Wildman–Crippen MR) is 65.4 cm³/mol. The second-order valence-corrected chi connectivity index (χ2v) is 3.80. The van der Waals surface area contributed by atoms with Crippen LogP contribution in [-0.2, 0) is 9.53 Å². The fraction of sp³-hybridized carbons (Fsp3) is 0.222. The summed E-state index contributed by atoms with van der Waals surface area (Å²) in [5.74, 6) is -0.416. The van der Waals surface area contributed by atoms with Gasteiger partial charge in [-0.25, -0.2) is 0 Å².